The van der Waals surface area contributed by atoms with Crippen molar-refractivity contribution in [3.05, 3.63) is 35.9 Å². The van der Waals surface area contributed by atoms with Gasteiger partial charge in [-0.3, -0.25) is 0 Å². The van der Waals surface area contributed by atoms with Crippen molar-refractivity contribution in [2.24, 2.45) is 0 Å². The van der Waals surface area contributed by atoms with E-state index in [0.717, 1.165) is 12.0 Å². The maximum absolute atomic E-state index is 2.97. The van der Waals surface area contributed by atoms with Gasteiger partial charge in [-0.05, 0) is 17.9 Å². The molecule has 0 bridgehead atoms. The van der Waals surface area contributed by atoms with E-state index in [1.54, 1.807) is 5.56 Å². The number of benzene rings is 1. The van der Waals surface area contributed by atoms with Gasteiger partial charge in [-0.1, -0.05) is 69.6 Å². The Morgan fingerprint density at radius 2 is 1.39 bits per heavy atom. The van der Waals surface area contributed by atoms with Crippen LogP contribution < -0.4 is 0 Å². The van der Waals surface area contributed by atoms with Crippen molar-refractivity contribution in [2.45, 2.75) is 57.7 Å². The molecule has 1 aromatic rings. The van der Waals surface area contributed by atoms with Crippen LogP contribution in [-0.4, -0.2) is 26.7 Å². The Morgan fingerprint density at radius 1 is 0.889 bits per heavy atom. The molecular weight excluding hydrogens is 250 g/mol. The minimum absolute atomic E-state index is 0.796. The molecule has 0 N–H and O–H groups in total. The lowest BCUT2D eigenvalue weighted by molar-refractivity contribution is 0.591. The SMILES string of the molecule is C[Si](C)(C)N(C1CC1c1ccccc1)[Si](C)(C)C. The van der Waals surface area contributed by atoms with Crippen molar-refractivity contribution in [1.29, 1.82) is 0 Å². The van der Waals surface area contributed by atoms with Gasteiger partial charge in [0.2, 0.25) is 0 Å². The lowest BCUT2D eigenvalue weighted by atomic mass is 10.1. The topological polar surface area (TPSA) is 3.24 Å². The monoisotopic (exact) mass is 277 g/mol. The molecular formula is C15H27NSi2. The van der Waals surface area contributed by atoms with E-state index in [-0.39, 0.29) is 0 Å². The van der Waals surface area contributed by atoms with Crippen molar-refractivity contribution in [3.8, 4) is 0 Å². The molecule has 1 fully saturated rings. The molecule has 2 atom stereocenters. The van der Waals surface area contributed by atoms with Crippen molar-refractivity contribution in [3.63, 3.8) is 0 Å². The highest BCUT2D eigenvalue weighted by Gasteiger charge is 2.50. The minimum atomic E-state index is -1.20. The van der Waals surface area contributed by atoms with E-state index in [1.165, 1.54) is 6.42 Å². The van der Waals surface area contributed by atoms with Crippen LogP contribution in [0.2, 0.25) is 39.3 Å². The van der Waals surface area contributed by atoms with Crippen LogP contribution in [0.5, 0.6) is 0 Å². The van der Waals surface area contributed by atoms with Gasteiger partial charge < -0.3 is 4.23 Å². The first-order valence-electron chi connectivity index (χ1n) is 7.05. The summed E-state index contributed by atoms with van der Waals surface area (Å²) in [6.07, 6.45) is 1.37. The highest BCUT2D eigenvalue weighted by atomic mass is 28.4. The first kappa shape index (κ1) is 14.0. The summed E-state index contributed by atoms with van der Waals surface area (Å²) in [5, 5.41) is 0. The molecule has 100 valence electrons. The first-order valence-corrected chi connectivity index (χ1v) is 13.9. The smallest absolute Gasteiger partial charge is 0.112 e. The molecule has 0 amide bonds. The van der Waals surface area contributed by atoms with E-state index in [0.29, 0.717) is 0 Å². The first-order chi connectivity index (χ1) is 8.21. The summed E-state index contributed by atoms with van der Waals surface area (Å²) in [6, 6.07) is 11.9. The Hall–Kier alpha value is -0.386. The maximum atomic E-state index is 2.97. The molecule has 1 saturated carbocycles. The molecule has 2 unspecified atom stereocenters. The van der Waals surface area contributed by atoms with Gasteiger partial charge in [0.25, 0.3) is 0 Å². The third-order valence-corrected chi connectivity index (χ3v) is 11.3. The average Bonchev–Trinajstić information content (AvgIpc) is 2.94. The van der Waals surface area contributed by atoms with E-state index < -0.39 is 16.5 Å². The van der Waals surface area contributed by atoms with E-state index in [2.05, 4.69) is 73.8 Å². The standard InChI is InChI=1S/C15H27NSi2/c1-17(2,3)16(18(4,5)6)15-12-14(15)13-10-8-7-9-11-13/h7-11,14-15H,12H2,1-6H3. The normalized spacial score (nSPS) is 24.4. The van der Waals surface area contributed by atoms with Crippen LogP contribution in [0.3, 0.4) is 0 Å². The Kier molecular flexibility index (Phi) is 3.60. The van der Waals surface area contributed by atoms with Gasteiger partial charge in [0.05, 0.1) is 0 Å². The van der Waals surface area contributed by atoms with E-state index >= 15 is 0 Å². The molecule has 1 aliphatic carbocycles. The summed E-state index contributed by atoms with van der Waals surface area (Å²) >= 11 is 0. The highest BCUT2D eigenvalue weighted by molar-refractivity contribution is 6.89. The van der Waals surface area contributed by atoms with Gasteiger partial charge in [-0.15, -0.1) is 0 Å². The molecule has 1 nitrogen and oxygen atoms in total. The molecule has 0 aromatic heterocycles. The Bertz CT molecular complexity index is 389. The Labute approximate surface area is 114 Å². The quantitative estimate of drug-likeness (QED) is 0.732. The minimum Gasteiger partial charge on any atom is -0.343 e. The van der Waals surface area contributed by atoms with Gasteiger partial charge >= 0.3 is 0 Å². The highest BCUT2D eigenvalue weighted by Crippen LogP contribution is 2.48. The number of rotatable bonds is 4. The lowest BCUT2D eigenvalue weighted by Gasteiger charge is -2.44. The molecule has 0 spiro atoms. The summed E-state index contributed by atoms with van der Waals surface area (Å²) in [5.74, 6) is 0.796. The zero-order valence-corrected chi connectivity index (χ0v) is 14.7. The van der Waals surface area contributed by atoms with Crippen LogP contribution in [0.4, 0.5) is 0 Å². The largest absolute Gasteiger partial charge is 0.343 e. The number of nitrogens with zero attached hydrogens (tertiary/aromatic N) is 1. The summed E-state index contributed by atoms with van der Waals surface area (Å²) in [5.41, 5.74) is 1.55. The zero-order valence-electron chi connectivity index (χ0n) is 12.7. The second kappa shape index (κ2) is 4.62. The third-order valence-electron chi connectivity index (χ3n) is 3.76. The summed E-state index contributed by atoms with van der Waals surface area (Å²) < 4.78 is 2.97. The summed E-state index contributed by atoms with van der Waals surface area (Å²) in [4.78, 5) is 0. The molecule has 3 heteroatoms. The molecule has 1 aromatic carbocycles. The Balaban J connectivity index is 2.18. The molecule has 0 saturated heterocycles. The predicted octanol–water partition coefficient (Wildman–Crippen LogP) is 4.51. The zero-order chi connectivity index (χ0) is 13.6. The number of hydrogen-bond donors (Lipinski definition) is 0. The van der Waals surface area contributed by atoms with E-state index in [9.17, 15) is 0 Å². The van der Waals surface area contributed by atoms with E-state index in [4.69, 9.17) is 0 Å². The molecule has 18 heavy (non-hydrogen) atoms. The summed E-state index contributed by atoms with van der Waals surface area (Å²) in [6.45, 7) is 15.0. The predicted molar refractivity (Wildman–Crippen MR) is 86.1 cm³/mol. The maximum Gasteiger partial charge on any atom is 0.112 e. The second-order valence-corrected chi connectivity index (χ2v) is 17.6. The Morgan fingerprint density at radius 3 is 1.83 bits per heavy atom. The molecule has 0 aliphatic heterocycles. The van der Waals surface area contributed by atoms with Crippen molar-refractivity contribution >= 4 is 16.5 Å². The van der Waals surface area contributed by atoms with Gasteiger partial charge in [-0.25, -0.2) is 0 Å². The fourth-order valence-electron chi connectivity index (χ4n) is 3.53. The average molecular weight is 278 g/mol. The number of hydrogen-bond acceptors (Lipinski definition) is 1. The van der Waals surface area contributed by atoms with Gasteiger partial charge in [0.1, 0.15) is 16.5 Å². The van der Waals surface area contributed by atoms with Crippen LogP contribution in [0.15, 0.2) is 30.3 Å². The van der Waals surface area contributed by atoms with Crippen molar-refractivity contribution < 1.29 is 0 Å². The molecule has 1 aliphatic rings. The van der Waals surface area contributed by atoms with Crippen molar-refractivity contribution in [1.82, 2.24) is 4.23 Å². The second-order valence-electron chi connectivity index (χ2n) is 7.53. The summed E-state index contributed by atoms with van der Waals surface area (Å²) in [7, 11) is -2.40. The van der Waals surface area contributed by atoms with Gasteiger partial charge in [0.15, 0.2) is 0 Å². The van der Waals surface area contributed by atoms with Crippen molar-refractivity contribution in [2.75, 3.05) is 0 Å². The third kappa shape index (κ3) is 2.95. The fraction of sp³-hybridized carbons (Fsp3) is 0.600. The fourth-order valence-corrected chi connectivity index (χ4v) is 14.1. The van der Waals surface area contributed by atoms with Crippen LogP contribution >= 0.6 is 0 Å². The van der Waals surface area contributed by atoms with Gasteiger partial charge in [0, 0.05) is 6.04 Å². The van der Waals surface area contributed by atoms with Gasteiger partial charge in [-0.2, -0.15) is 0 Å². The van der Waals surface area contributed by atoms with Crippen LogP contribution in [0.25, 0.3) is 0 Å². The van der Waals surface area contributed by atoms with E-state index in [1.807, 2.05) is 0 Å². The van der Waals surface area contributed by atoms with Crippen LogP contribution in [-0.2, 0) is 0 Å². The molecule has 0 heterocycles. The van der Waals surface area contributed by atoms with Crippen LogP contribution in [0.1, 0.15) is 17.9 Å². The lowest BCUT2D eigenvalue weighted by Crippen LogP contribution is -2.60. The van der Waals surface area contributed by atoms with Crippen LogP contribution in [0, 0.1) is 0 Å². The molecule has 0 radical (unpaired) electrons. The molecule has 2 rings (SSSR count).